The largest absolute Gasteiger partial charge is 0.457 e. The van der Waals surface area contributed by atoms with E-state index in [4.69, 9.17) is 9.47 Å². The summed E-state index contributed by atoms with van der Waals surface area (Å²) in [5.41, 5.74) is 0.795. The zero-order valence-corrected chi connectivity index (χ0v) is 20.4. The highest BCUT2D eigenvalue weighted by molar-refractivity contribution is 5.70. The Balaban J connectivity index is 2.25. The second-order valence-corrected chi connectivity index (χ2v) is 9.29. The van der Waals surface area contributed by atoms with Crippen molar-refractivity contribution in [2.45, 2.75) is 78.1 Å². The summed E-state index contributed by atoms with van der Waals surface area (Å²) in [6.45, 7) is 8.84. The van der Waals surface area contributed by atoms with Crippen LogP contribution in [0, 0.1) is 11.8 Å². The second-order valence-electron chi connectivity index (χ2n) is 9.29. The SMILES string of the molecule is CC(=O)O[C@H]1/C=C/[C@H](C)[C@@H](/C(C)=C/C=C/Cc2cccnc2)OC(=O)C[C@H](C)CC[C@@]1(C)O. The number of rotatable bonds is 5. The number of ether oxygens (including phenoxy) is 2. The average Bonchev–Trinajstić information content (AvgIpc) is 2.76. The minimum atomic E-state index is -1.23. The lowest BCUT2D eigenvalue weighted by Crippen LogP contribution is -2.41. The summed E-state index contributed by atoms with van der Waals surface area (Å²) in [7, 11) is 0. The Morgan fingerprint density at radius 3 is 2.76 bits per heavy atom. The van der Waals surface area contributed by atoms with Crippen molar-refractivity contribution in [3.8, 4) is 0 Å². The molecule has 0 spiro atoms. The van der Waals surface area contributed by atoms with Crippen LogP contribution in [0.25, 0.3) is 0 Å². The van der Waals surface area contributed by atoms with Crippen molar-refractivity contribution in [1.29, 1.82) is 0 Å². The molecule has 33 heavy (non-hydrogen) atoms. The van der Waals surface area contributed by atoms with E-state index in [0.717, 1.165) is 17.6 Å². The molecule has 1 aliphatic rings. The van der Waals surface area contributed by atoms with Crippen LogP contribution in [0.1, 0.15) is 59.4 Å². The van der Waals surface area contributed by atoms with Gasteiger partial charge in [-0.3, -0.25) is 14.6 Å². The quantitative estimate of drug-likeness (QED) is 0.392. The molecular formula is C27H37NO5. The van der Waals surface area contributed by atoms with Crippen LogP contribution in [0.15, 0.2) is 60.5 Å². The van der Waals surface area contributed by atoms with Gasteiger partial charge in [-0.05, 0) is 62.3 Å². The molecule has 6 nitrogen and oxygen atoms in total. The lowest BCUT2D eigenvalue weighted by molar-refractivity contribution is -0.156. The molecule has 2 rings (SSSR count). The van der Waals surface area contributed by atoms with Crippen LogP contribution in [0.4, 0.5) is 0 Å². The number of carbonyl (C=O) groups is 2. The van der Waals surface area contributed by atoms with Crippen LogP contribution in [0.2, 0.25) is 0 Å². The Kier molecular flexibility index (Phi) is 10.0. The number of carbonyl (C=O) groups excluding carboxylic acids is 2. The van der Waals surface area contributed by atoms with Gasteiger partial charge in [-0.25, -0.2) is 0 Å². The van der Waals surface area contributed by atoms with E-state index in [0.29, 0.717) is 12.8 Å². The molecule has 5 atom stereocenters. The standard InChI is InChI=1S/C27H37NO5/c1-19-14-15-27(5,31)24(32-22(4)29)13-12-21(3)26(33-25(30)17-19)20(2)9-6-7-10-23-11-8-16-28-18-23/h6-9,11-13,16,18-19,21,24,26,31H,10,14-15,17H2,1-5H3/b7-6+,13-12+,20-9+/t19-,21+,24+,26-,27-/m1/s1. The molecule has 0 bridgehead atoms. The minimum Gasteiger partial charge on any atom is -0.457 e. The molecule has 1 aromatic rings. The topological polar surface area (TPSA) is 85.7 Å². The van der Waals surface area contributed by atoms with Crippen molar-refractivity contribution < 1.29 is 24.2 Å². The Labute approximate surface area is 197 Å². The fraction of sp³-hybridized carbons (Fsp3) is 0.519. The molecule has 1 aromatic heterocycles. The molecule has 0 saturated carbocycles. The number of pyridine rings is 1. The van der Waals surface area contributed by atoms with Gasteiger partial charge in [0.15, 0.2) is 0 Å². The molecule has 0 fully saturated rings. The lowest BCUT2D eigenvalue weighted by Gasteiger charge is -2.32. The van der Waals surface area contributed by atoms with E-state index in [1.807, 2.05) is 63.4 Å². The van der Waals surface area contributed by atoms with Gasteiger partial charge in [0.1, 0.15) is 17.8 Å². The highest BCUT2D eigenvalue weighted by Crippen LogP contribution is 2.28. The van der Waals surface area contributed by atoms with Crippen molar-refractivity contribution in [3.05, 3.63) is 66.0 Å². The fourth-order valence-corrected chi connectivity index (χ4v) is 3.84. The first-order chi connectivity index (χ1) is 15.6. The summed E-state index contributed by atoms with van der Waals surface area (Å²) in [5, 5.41) is 11.0. The smallest absolute Gasteiger partial charge is 0.306 e. The van der Waals surface area contributed by atoms with E-state index in [2.05, 4.69) is 4.98 Å². The molecule has 180 valence electrons. The monoisotopic (exact) mass is 455 g/mol. The normalized spacial score (nSPS) is 30.7. The highest BCUT2D eigenvalue weighted by Gasteiger charge is 2.34. The first-order valence-electron chi connectivity index (χ1n) is 11.6. The van der Waals surface area contributed by atoms with Crippen molar-refractivity contribution >= 4 is 11.9 Å². The summed E-state index contributed by atoms with van der Waals surface area (Å²) in [4.78, 5) is 28.4. The Bertz CT molecular complexity index is 872. The van der Waals surface area contributed by atoms with E-state index < -0.39 is 23.8 Å². The highest BCUT2D eigenvalue weighted by atomic mass is 16.6. The summed E-state index contributed by atoms with van der Waals surface area (Å²) in [6.07, 6.45) is 13.9. The molecule has 0 saturated heterocycles. The summed E-state index contributed by atoms with van der Waals surface area (Å²) >= 11 is 0. The van der Waals surface area contributed by atoms with Crippen LogP contribution in [-0.2, 0) is 25.5 Å². The molecule has 0 aromatic carbocycles. The molecule has 0 aliphatic carbocycles. The third-order valence-electron chi connectivity index (χ3n) is 5.91. The Morgan fingerprint density at radius 2 is 2.09 bits per heavy atom. The summed E-state index contributed by atoms with van der Waals surface area (Å²) in [5.74, 6) is -0.849. The van der Waals surface area contributed by atoms with E-state index >= 15 is 0 Å². The maximum atomic E-state index is 12.6. The third-order valence-corrected chi connectivity index (χ3v) is 5.91. The van der Waals surface area contributed by atoms with Gasteiger partial charge in [0, 0.05) is 31.7 Å². The average molecular weight is 456 g/mol. The van der Waals surface area contributed by atoms with Crippen molar-refractivity contribution in [2.24, 2.45) is 11.8 Å². The predicted molar refractivity (Wildman–Crippen MR) is 128 cm³/mol. The maximum Gasteiger partial charge on any atom is 0.306 e. The van der Waals surface area contributed by atoms with Gasteiger partial charge in [0.25, 0.3) is 0 Å². The van der Waals surface area contributed by atoms with Crippen molar-refractivity contribution in [3.63, 3.8) is 0 Å². The zero-order valence-electron chi connectivity index (χ0n) is 20.4. The van der Waals surface area contributed by atoms with Crippen LogP contribution in [-0.4, -0.2) is 39.8 Å². The van der Waals surface area contributed by atoms with Gasteiger partial charge >= 0.3 is 11.9 Å². The zero-order chi connectivity index (χ0) is 24.4. The number of aliphatic hydroxyl groups is 1. The lowest BCUT2D eigenvalue weighted by atomic mass is 9.87. The molecule has 2 heterocycles. The molecule has 0 unspecified atom stereocenters. The number of hydrogen-bond donors (Lipinski definition) is 1. The number of allylic oxidation sites excluding steroid dienone is 3. The van der Waals surface area contributed by atoms with Gasteiger partial charge < -0.3 is 14.6 Å². The van der Waals surface area contributed by atoms with Gasteiger partial charge in [-0.15, -0.1) is 0 Å². The number of esters is 2. The minimum absolute atomic E-state index is 0.0324. The first kappa shape index (κ1) is 26.5. The van der Waals surface area contributed by atoms with Crippen LogP contribution >= 0.6 is 0 Å². The van der Waals surface area contributed by atoms with E-state index in [9.17, 15) is 14.7 Å². The third kappa shape index (κ3) is 8.97. The maximum absolute atomic E-state index is 12.6. The number of aromatic nitrogens is 1. The van der Waals surface area contributed by atoms with Gasteiger partial charge in [-0.1, -0.05) is 44.2 Å². The Morgan fingerprint density at radius 1 is 1.33 bits per heavy atom. The second kappa shape index (κ2) is 12.5. The van der Waals surface area contributed by atoms with Crippen molar-refractivity contribution in [2.75, 3.05) is 0 Å². The number of cyclic esters (lactones) is 1. The van der Waals surface area contributed by atoms with Gasteiger partial charge in [0.05, 0.1) is 0 Å². The molecule has 0 amide bonds. The molecule has 6 heteroatoms. The summed E-state index contributed by atoms with van der Waals surface area (Å²) in [6, 6.07) is 3.93. The van der Waals surface area contributed by atoms with Gasteiger partial charge in [0.2, 0.25) is 0 Å². The molecule has 0 radical (unpaired) electrons. The molecule has 1 aliphatic heterocycles. The molecule has 1 N–H and O–H groups in total. The predicted octanol–water partition coefficient (Wildman–Crippen LogP) is 4.73. The summed E-state index contributed by atoms with van der Waals surface area (Å²) < 4.78 is 11.3. The van der Waals surface area contributed by atoms with E-state index in [1.54, 1.807) is 19.2 Å². The molecular weight excluding hydrogens is 418 g/mol. The first-order valence-corrected chi connectivity index (χ1v) is 11.6. The number of nitrogens with zero attached hydrogens (tertiary/aromatic N) is 1. The van der Waals surface area contributed by atoms with Crippen LogP contribution < -0.4 is 0 Å². The van der Waals surface area contributed by atoms with Crippen LogP contribution in [0.5, 0.6) is 0 Å². The Hall–Kier alpha value is -2.73. The van der Waals surface area contributed by atoms with E-state index in [1.165, 1.54) is 6.92 Å². The van der Waals surface area contributed by atoms with Gasteiger partial charge in [-0.2, -0.15) is 0 Å². The number of hydrogen-bond acceptors (Lipinski definition) is 6. The van der Waals surface area contributed by atoms with Crippen LogP contribution in [0.3, 0.4) is 0 Å². The van der Waals surface area contributed by atoms with E-state index in [-0.39, 0.29) is 24.2 Å². The fourth-order valence-electron chi connectivity index (χ4n) is 3.84. The van der Waals surface area contributed by atoms with Crippen molar-refractivity contribution in [1.82, 2.24) is 4.98 Å².